The van der Waals surface area contributed by atoms with Gasteiger partial charge in [0, 0.05) is 6.42 Å². The lowest BCUT2D eigenvalue weighted by Gasteiger charge is -2.41. The zero-order chi connectivity index (χ0) is 64.6. The minimum absolute atomic E-state index is 0.126. The summed E-state index contributed by atoms with van der Waals surface area (Å²) in [5.74, 6) is -1.19. The Kier molecular flexibility index (Phi) is 61.6. The van der Waals surface area contributed by atoms with Gasteiger partial charge in [0.25, 0.3) is 0 Å². The molecular weight excluding hydrogens is 1110 g/mol. The number of nitrogens with one attached hydrogen (secondary N) is 1. The van der Waals surface area contributed by atoms with Gasteiger partial charge in [0.15, 0.2) is 12.4 Å². The summed E-state index contributed by atoms with van der Waals surface area (Å²) < 4.78 is 17.7. The molecule has 1 fully saturated rings. The average molecular weight is 1250 g/mol. The van der Waals surface area contributed by atoms with Crippen LogP contribution in [0, 0.1) is 0 Å². The Morgan fingerprint density at radius 3 is 1.21 bits per heavy atom. The maximum absolute atomic E-state index is 13.5. The molecule has 0 aromatic carbocycles. The van der Waals surface area contributed by atoms with Crippen molar-refractivity contribution in [2.45, 2.75) is 397 Å². The minimum atomic E-state index is -1.62. The Morgan fingerprint density at radius 1 is 0.449 bits per heavy atom. The average Bonchev–Trinajstić information content (AvgIpc) is 3.11. The first kappa shape index (κ1) is 84.1. The molecule has 1 heterocycles. The predicted octanol–water partition coefficient (Wildman–Crippen LogP) is 19.9. The zero-order valence-corrected chi connectivity index (χ0v) is 57.8. The van der Waals surface area contributed by atoms with E-state index in [-0.39, 0.29) is 19.4 Å². The molecule has 518 valence electrons. The molecule has 11 nitrogen and oxygen atoms in total. The first-order valence-electron chi connectivity index (χ1n) is 37.7. The topological polar surface area (TPSA) is 175 Å². The van der Waals surface area contributed by atoms with Crippen LogP contribution in [0.5, 0.6) is 0 Å². The van der Waals surface area contributed by atoms with Crippen molar-refractivity contribution < 1.29 is 49.3 Å². The molecule has 0 aromatic heterocycles. The first-order valence-corrected chi connectivity index (χ1v) is 37.7. The van der Waals surface area contributed by atoms with Gasteiger partial charge in [0.1, 0.15) is 24.4 Å². The third-order valence-electron chi connectivity index (χ3n) is 17.6. The number of esters is 1. The van der Waals surface area contributed by atoms with Gasteiger partial charge in [-0.1, -0.05) is 344 Å². The van der Waals surface area contributed by atoms with E-state index in [0.29, 0.717) is 12.8 Å². The Balaban J connectivity index is 2.56. The van der Waals surface area contributed by atoms with Crippen LogP contribution in [0.15, 0.2) is 72.9 Å². The summed E-state index contributed by atoms with van der Waals surface area (Å²) in [7, 11) is 0. The number of carbonyl (C=O) groups is 2. The van der Waals surface area contributed by atoms with E-state index in [1.54, 1.807) is 6.08 Å². The summed E-state index contributed by atoms with van der Waals surface area (Å²) in [6.45, 7) is 5.73. The van der Waals surface area contributed by atoms with Gasteiger partial charge in [-0.25, -0.2) is 0 Å². The van der Waals surface area contributed by atoms with Gasteiger partial charge in [0.2, 0.25) is 5.91 Å². The van der Waals surface area contributed by atoms with Crippen LogP contribution < -0.4 is 5.32 Å². The van der Waals surface area contributed by atoms with E-state index in [1.807, 2.05) is 6.08 Å². The van der Waals surface area contributed by atoms with Crippen LogP contribution in [-0.2, 0) is 23.8 Å². The van der Waals surface area contributed by atoms with Crippen molar-refractivity contribution in [1.29, 1.82) is 0 Å². The summed E-state index contributed by atoms with van der Waals surface area (Å²) in [4.78, 5) is 26.7. The van der Waals surface area contributed by atoms with Gasteiger partial charge >= 0.3 is 5.97 Å². The van der Waals surface area contributed by atoms with Crippen LogP contribution in [0.3, 0.4) is 0 Å². The molecule has 89 heavy (non-hydrogen) atoms. The van der Waals surface area contributed by atoms with Gasteiger partial charge in [-0.2, -0.15) is 0 Å². The maximum Gasteiger partial charge on any atom is 0.306 e. The van der Waals surface area contributed by atoms with E-state index >= 15 is 0 Å². The Morgan fingerprint density at radius 2 is 0.809 bits per heavy atom. The summed E-state index contributed by atoms with van der Waals surface area (Å²) in [5.41, 5.74) is 0. The number of allylic oxidation sites excluding steroid dienone is 11. The number of unbranched alkanes of at least 4 members (excludes halogenated alkanes) is 41. The largest absolute Gasteiger partial charge is 0.454 e. The fourth-order valence-corrected chi connectivity index (χ4v) is 11.7. The van der Waals surface area contributed by atoms with E-state index in [0.717, 1.165) is 96.3 Å². The molecule has 0 aromatic rings. The molecular formula is C78H141NO10. The first-order chi connectivity index (χ1) is 43.7. The Bertz CT molecular complexity index is 1730. The quantitative estimate of drug-likeness (QED) is 0.0195. The van der Waals surface area contributed by atoms with E-state index in [1.165, 1.54) is 205 Å². The molecule has 8 unspecified atom stereocenters. The van der Waals surface area contributed by atoms with E-state index < -0.39 is 67.4 Å². The number of rotatable bonds is 65. The Hall–Kier alpha value is -2.90. The van der Waals surface area contributed by atoms with Crippen LogP contribution in [-0.4, -0.2) is 99.6 Å². The van der Waals surface area contributed by atoms with Crippen LogP contribution in [0.2, 0.25) is 0 Å². The van der Waals surface area contributed by atoms with Gasteiger partial charge in [0.05, 0.1) is 25.4 Å². The molecule has 1 rings (SSSR count). The van der Waals surface area contributed by atoms with Crippen molar-refractivity contribution in [3.05, 3.63) is 72.9 Å². The van der Waals surface area contributed by atoms with Crippen LogP contribution in [0.4, 0.5) is 0 Å². The Labute approximate surface area is 547 Å². The zero-order valence-electron chi connectivity index (χ0n) is 57.8. The summed E-state index contributed by atoms with van der Waals surface area (Å²) in [6.07, 6.45) is 75.1. The summed E-state index contributed by atoms with van der Waals surface area (Å²) in [5, 5.41) is 57.4. The normalized spacial score (nSPS) is 18.5. The van der Waals surface area contributed by atoms with Crippen molar-refractivity contribution in [3.63, 3.8) is 0 Å². The fraction of sp³-hybridized carbons (Fsp3) is 0.821. The highest BCUT2D eigenvalue weighted by molar-refractivity contribution is 5.80. The van der Waals surface area contributed by atoms with Crippen molar-refractivity contribution >= 4 is 11.9 Å². The van der Waals surface area contributed by atoms with E-state index in [4.69, 9.17) is 14.2 Å². The maximum atomic E-state index is 13.5. The molecule has 8 atom stereocenters. The van der Waals surface area contributed by atoms with Crippen LogP contribution in [0.25, 0.3) is 0 Å². The van der Waals surface area contributed by atoms with Crippen LogP contribution >= 0.6 is 0 Å². The lowest BCUT2D eigenvalue weighted by atomic mass is 9.99. The highest BCUT2D eigenvalue weighted by Gasteiger charge is 2.47. The molecule has 6 N–H and O–H groups in total. The van der Waals surface area contributed by atoms with Gasteiger partial charge in [-0.3, -0.25) is 9.59 Å². The molecule has 0 radical (unpaired) electrons. The minimum Gasteiger partial charge on any atom is -0.454 e. The second-order valence-corrected chi connectivity index (χ2v) is 26.0. The molecule has 1 amide bonds. The summed E-state index contributed by atoms with van der Waals surface area (Å²) in [6, 6.07) is -1.03. The molecule has 1 aliphatic rings. The van der Waals surface area contributed by atoms with Gasteiger partial charge in [-0.15, -0.1) is 0 Å². The lowest BCUT2D eigenvalue weighted by molar-refractivity contribution is -0.305. The lowest BCUT2D eigenvalue weighted by Crippen LogP contribution is -2.61. The van der Waals surface area contributed by atoms with E-state index in [9.17, 15) is 35.1 Å². The highest BCUT2D eigenvalue weighted by atomic mass is 16.7. The molecule has 11 heteroatoms. The number of amides is 1. The van der Waals surface area contributed by atoms with E-state index in [2.05, 4.69) is 86.8 Å². The predicted molar refractivity (Wildman–Crippen MR) is 375 cm³/mol. The number of hydrogen-bond acceptors (Lipinski definition) is 10. The smallest absolute Gasteiger partial charge is 0.306 e. The molecule has 0 bridgehead atoms. The number of ether oxygens (including phenoxy) is 3. The fourth-order valence-electron chi connectivity index (χ4n) is 11.7. The standard InChI is InChI=1S/C78H141NO10/c1-4-7-10-13-16-19-22-25-27-29-31-33-35-37-38-40-42-44-47-50-53-56-59-62-65-71(82)77(86)79-69(70(81)64-61-58-55-52-49-46-24-21-18-15-12-9-6-3)68-87-78-76(75(85)74(84)72(67-80)88-78)89-73(83)66-63-60-57-54-51-48-45-43-41-39-36-34-32-30-28-26-23-20-17-14-11-8-5-2/h7,10,16,19,25,27,31,33,37-38,61,64,69-72,74-76,78,80-82,84-85H,4-6,8-9,11-15,17-18,20-24,26,28-30,32,34-36,39-60,62-63,65-68H2,1-3H3,(H,79,86)/b10-7-,19-16-,27-25-,33-31-,38-37-,64-61+. The van der Waals surface area contributed by atoms with Crippen molar-refractivity contribution in [1.82, 2.24) is 5.32 Å². The third-order valence-corrected chi connectivity index (χ3v) is 17.6. The van der Waals surface area contributed by atoms with Gasteiger partial charge < -0.3 is 45.1 Å². The SMILES string of the molecule is CC/C=C\C/C=C\C/C=C\C/C=C\C/C=C\CCCCCCCCCCC(O)C(=O)NC(COC1OC(CO)C(O)C(O)C1OC(=O)CCCCCCCCCCCCCCCCCCCCCCCCC)C(O)/C=C/CCCCCCCCCCCCC. The molecule has 0 saturated carbocycles. The second-order valence-electron chi connectivity index (χ2n) is 26.0. The third kappa shape index (κ3) is 52.2. The number of carbonyl (C=O) groups excluding carboxylic acids is 2. The number of aliphatic hydroxyl groups excluding tert-OH is 5. The summed E-state index contributed by atoms with van der Waals surface area (Å²) >= 11 is 0. The number of hydrogen-bond donors (Lipinski definition) is 6. The second kappa shape index (κ2) is 65.2. The molecule has 1 aliphatic heterocycles. The van der Waals surface area contributed by atoms with Gasteiger partial charge in [-0.05, 0) is 70.6 Å². The monoisotopic (exact) mass is 1250 g/mol. The van der Waals surface area contributed by atoms with Crippen molar-refractivity contribution in [2.75, 3.05) is 13.2 Å². The highest BCUT2D eigenvalue weighted by Crippen LogP contribution is 2.26. The molecule has 0 spiro atoms. The molecule has 0 aliphatic carbocycles. The molecule has 1 saturated heterocycles. The van der Waals surface area contributed by atoms with Crippen LogP contribution in [0.1, 0.15) is 348 Å². The van der Waals surface area contributed by atoms with Crippen molar-refractivity contribution in [2.24, 2.45) is 0 Å². The van der Waals surface area contributed by atoms with Crippen molar-refractivity contribution in [3.8, 4) is 0 Å². The number of aliphatic hydroxyl groups is 5.